The van der Waals surface area contributed by atoms with Gasteiger partial charge in [-0.3, -0.25) is 0 Å². The fraction of sp³-hybridized carbons (Fsp3) is 1.00. The van der Waals surface area contributed by atoms with Gasteiger partial charge in [0.05, 0.1) is 0 Å². The average molecular weight is 445 g/mol. The molecule has 0 atom stereocenters. The Labute approximate surface area is 181 Å². The fourth-order valence-corrected chi connectivity index (χ4v) is 15.5. The van der Waals surface area contributed by atoms with Crippen LogP contribution in [-0.4, -0.2) is 23.7 Å². The molecule has 8 saturated carbocycles. The van der Waals surface area contributed by atoms with Gasteiger partial charge in [0.15, 0.2) is 0 Å². The van der Waals surface area contributed by atoms with Crippen molar-refractivity contribution in [1.82, 2.24) is 0 Å². The van der Waals surface area contributed by atoms with Gasteiger partial charge in [-0.25, -0.2) is 0 Å². The summed E-state index contributed by atoms with van der Waals surface area (Å²) in [5.74, 6) is 6.95. The molecule has 0 radical (unpaired) electrons. The van der Waals surface area contributed by atoms with Crippen LogP contribution in [0.1, 0.15) is 96.8 Å². The van der Waals surface area contributed by atoms with E-state index in [0.29, 0.717) is 0 Å². The van der Waals surface area contributed by atoms with Crippen molar-refractivity contribution in [3.05, 3.63) is 0 Å². The molecule has 6 heteroatoms. The van der Waals surface area contributed by atoms with E-state index in [-0.39, 0.29) is 7.92 Å². The summed E-state index contributed by atoms with van der Waals surface area (Å²) in [4.78, 5) is 0. The minimum Gasteiger partial charge on any atom is -0.418 e. The molecular formula is C24H39BF4P-. The molecule has 0 N–H and O–H groups in total. The van der Waals surface area contributed by atoms with Crippen LogP contribution >= 0.6 is 7.92 Å². The first kappa shape index (κ1) is 22.0. The summed E-state index contributed by atoms with van der Waals surface area (Å²) in [7, 11) is -5.71. The van der Waals surface area contributed by atoms with Crippen molar-refractivity contribution >= 4 is 15.2 Å². The lowest BCUT2D eigenvalue weighted by atomic mass is 9.55. The molecule has 30 heavy (non-hydrogen) atoms. The topological polar surface area (TPSA) is 0 Å². The Kier molecular flexibility index (Phi) is 5.81. The van der Waals surface area contributed by atoms with Crippen LogP contribution in [0, 0.1) is 35.5 Å². The van der Waals surface area contributed by atoms with Gasteiger partial charge < -0.3 is 17.3 Å². The zero-order chi connectivity index (χ0) is 21.1. The van der Waals surface area contributed by atoms with E-state index in [0.717, 1.165) is 45.8 Å². The zero-order valence-corrected chi connectivity index (χ0v) is 19.5. The normalized spacial score (nSPS) is 49.1. The first-order valence-corrected chi connectivity index (χ1v) is 14.3. The van der Waals surface area contributed by atoms with Crippen molar-refractivity contribution in [2.45, 2.75) is 107 Å². The van der Waals surface area contributed by atoms with Gasteiger partial charge in [0.25, 0.3) is 0 Å². The first-order valence-electron chi connectivity index (χ1n) is 12.8. The Bertz CT molecular complexity index is 513. The Morgan fingerprint density at radius 1 is 0.633 bits per heavy atom. The summed E-state index contributed by atoms with van der Waals surface area (Å²) < 4.78 is 39.0. The van der Waals surface area contributed by atoms with Gasteiger partial charge >= 0.3 is 7.25 Å². The van der Waals surface area contributed by atoms with Gasteiger partial charge in [0.1, 0.15) is 0 Å². The molecule has 0 spiro atoms. The average Bonchev–Trinajstić information content (AvgIpc) is 2.57. The number of halogens is 4. The van der Waals surface area contributed by atoms with E-state index >= 15 is 0 Å². The van der Waals surface area contributed by atoms with Crippen molar-refractivity contribution < 1.29 is 17.3 Å². The van der Waals surface area contributed by atoms with Crippen molar-refractivity contribution in [1.29, 1.82) is 0 Å². The molecule has 8 fully saturated rings. The second kappa shape index (κ2) is 7.91. The Morgan fingerprint density at radius 2 is 0.900 bits per heavy atom. The molecule has 0 nitrogen and oxygen atoms in total. The van der Waals surface area contributed by atoms with Gasteiger partial charge in [0.2, 0.25) is 0 Å². The van der Waals surface area contributed by atoms with Crippen molar-refractivity contribution in [3.8, 4) is 0 Å². The van der Waals surface area contributed by atoms with Crippen molar-refractivity contribution in [2.24, 2.45) is 35.5 Å². The van der Waals surface area contributed by atoms with E-state index in [4.69, 9.17) is 0 Å². The zero-order valence-electron chi connectivity index (χ0n) is 18.6. The molecular weight excluding hydrogens is 406 g/mol. The number of hydrogen-bond donors (Lipinski definition) is 0. The van der Waals surface area contributed by atoms with Crippen LogP contribution in [0.25, 0.3) is 0 Å². The van der Waals surface area contributed by atoms with E-state index in [1.807, 2.05) is 0 Å². The predicted molar refractivity (Wildman–Crippen MR) is 119 cm³/mol. The molecule has 0 aromatic carbocycles. The molecule has 0 amide bonds. The number of rotatable bonds is 5. The Balaban J connectivity index is 0.000000349. The lowest BCUT2D eigenvalue weighted by Gasteiger charge is -2.67. The van der Waals surface area contributed by atoms with Crippen molar-refractivity contribution in [2.75, 3.05) is 6.16 Å². The van der Waals surface area contributed by atoms with E-state index < -0.39 is 7.25 Å². The van der Waals surface area contributed by atoms with Crippen LogP contribution < -0.4 is 0 Å². The standard InChI is InChI=1S/C24H39P.BF4/c1-2-3-4-25(23-11-17-5-18(12-23)7-19(6-17)13-23)24-14-20-8-21(15-24)10-22(9-20)16-24;2-1(3,4)5/h17-22H,2-16H2,1H3;/q;-1. The Morgan fingerprint density at radius 3 is 1.13 bits per heavy atom. The van der Waals surface area contributed by atoms with Gasteiger partial charge in [-0.1, -0.05) is 21.3 Å². The lowest BCUT2D eigenvalue weighted by Crippen LogP contribution is -2.56. The molecule has 172 valence electrons. The summed E-state index contributed by atoms with van der Waals surface area (Å²) in [6, 6.07) is 0. The van der Waals surface area contributed by atoms with Crippen LogP contribution in [0.15, 0.2) is 0 Å². The monoisotopic (exact) mass is 445 g/mol. The molecule has 8 bridgehead atoms. The minimum absolute atomic E-state index is 0.285. The first-order chi connectivity index (χ1) is 14.2. The minimum atomic E-state index is -6.00. The van der Waals surface area contributed by atoms with E-state index in [1.165, 1.54) is 6.42 Å². The van der Waals surface area contributed by atoms with Gasteiger partial charge in [-0.05, 0) is 135 Å². The summed E-state index contributed by atoms with van der Waals surface area (Å²) in [6.45, 7) is 2.45. The maximum absolute atomic E-state index is 9.75. The summed E-state index contributed by atoms with van der Waals surface area (Å²) in [5, 5.41) is 1.76. The lowest BCUT2D eigenvalue weighted by molar-refractivity contribution is 0.0185. The third-order valence-electron chi connectivity index (χ3n) is 9.89. The van der Waals surface area contributed by atoms with E-state index in [9.17, 15) is 17.3 Å². The number of unbranched alkanes of at least 4 members (excludes halogenated alkanes) is 1. The highest BCUT2D eigenvalue weighted by atomic mass is 31.1. The quantitative estimate of drug-likeness (QED) is 0.226. The third kappa shape index (κ3) is 4.24. The SMILES string of the molecule is CCCCP(C12CC3CC(CC(C3)C1)C2)C12CC3CC(CC(C3)C1)C2.F[B-](F)(F)F. The van der Waals surface area contributed by atoms with Gasteiger partial charge in [-0.2, -0.15) is 0 Å². The maximum atomic E-state index is 9.75. The smallest absolute Gasteiger partial charge is 0.418 e. The highest BCUT2D eigenvalue weighted by Crippen LogP contribution is 2.78. The third-order valence-corrected chi connectivity index (χ3v) is 14.0. The van der Waals surface area contributed by atoms with Crippen LogP contribution in [0.3, 0.4) is 0 Å². The highest BCUT2D eigenvalue weighted by molar-refractivity contribution is 7.61. The fourth-order valence-electron chi connectivity index (χ4n) is 10.1. The summed E-state index contributed by atoms with van der Waals surface area (Å²) >= 11 is 0. The molecule has 0 saturated heterocycles. The number of hydrogen-bond acceptors (Lipinski definition) is 0. The molecule has 0 aromatic heterocycles. The maximum Gasteiger partial charge on any atom is 0.673 e. The second-order valence-corrected chi connectivity index (χ2v) is 15.5. The van der Waals surface area contributed by atoms with Crippen molar-refractivity contribution in [3.63, 3.8) is 0 Å². The molecule has 0 heterocycles. The second-order valence-electron chi connectivity index (χ2n) is 12.3. The molecule has 0 aromatic rings. The predicted octanol–water partition coefficient (Wildman–Crippen LogP) is 8.51. The molecule has 8 aliphatic carbocycles. The molecule has 0 aliphatic heterocycles. The summed E-state index contributed by atoms with van der Waals surface area (Å²) in [6.07, 6.45) is 24.6. The van der Waals surface area contributed by atoms with Gasteiger partial charge in [-0.15, -0.1) is 0 Å². The Hall–Kier alpha value is 0.215. The molecule has 0 unspecified atom stereocenters. The van der Waals surface area contributed by atoms with Crippen LogP contribution in [-0.2, 0) is 0 Å². The van der Waals surface area contributed by atoms with E-state index in [2.05, 4.69) is 6.92 Å². The highest BCUT2D eigenvalue weighted by Gasteiger charge is 2.62. The van der Waals surface area contributed by atoms with E-state index in [1.54, 1.807) is 89.6 Å². The van der Waals surface area contributed by atoms with Crippen LogP contribution in [0.2, 0.25) is 0 Å². The van der Waals surface area contributed by atoms with Crippen LogP contribution in [0.4, 0.5) is 17.3 Å². The van der Waals surface area contributed by atoms with Gasteiger partial charge in [0, 0.05) is 0 Å². The molecule has 8 rings (SSSR count). The summed E-state index contributed by atoms with van der Waals surface area (Å²) in [5.41, 5.74) is 0. The van der Waals surface area contributed by atoms with Crippen LogP contribution in [0.5, 0.6) is 0 Å². The molecule has 8 aliphatic rings. The largest absolute Gasteiger partial charge is 0.673 e.